The van der Waals surface area contributed by atoms with E-state index >= 15 is 0 Å². The molecule has 0 heterocycles. The Morgan fingerprint density at radius 1 is 1.13 bits per heavy atom. The van der Waals surface area contributed by atoms with Crippen molar-refractivity contribution >= 4 is 0 Å². The quantitative estimate of drug-likeness (QED) is 0.491. The largest absolute Gasteiger partial charge is 0.264 e. The van der Waals surface area contributed by atoms with Crippen LogP contribution < -0.4 is 0 Å². The van der Waals surface area contributed by atoms with Crippen LogP contribution in [0.4, 0.5) is 0 Å². The zero-order valence-corrected chi connectivity index (χ0v) is 7.44. The SMILES string of the molecule is O=[N+]([O-])C1=CC([N+](=O)[O-])CC([N+](=O)[O-])C1. The Kier molecular flexibility index (Phi) is 2.93. The third kappa shape index (κ3) is 2.45. The van der Waals surface area contributed by atoms with E-state index in [1.807, 2.05) is 0 Å². The van der Waals surface area contributed by atoms with Crippen LogP contribution in [0.3, 0.4) is 0 Å². The average Bonchev–Trinajstić information content (AvgIpc) is 2.16. The number of nitro groups is 3. The molecule has 0 bridgehead atoms. The molecule has 0 radical (unpaired) electrons. The highest BCUT2D eigenvalue weighted by Crippen LogP contribution is 2.22. The molecule has 1 rings (SSSR count). The summed E-state index contributed by atoms with van der Waals surface area (Å²) in [7, 11) is 0. The second kappa shape index (κ2) is 3.98. The van der Waals surface area contributed by atoms with Gasteiger partial charge in [-0.25, -0.2) is 0 Å². The van der Waals surface area contributed by atoms with Crippen molar-refractivity contribution in [3.8, 4) is 0 Å². The van der Waals surface area contributed by atoms with Gasteiger partial charge in [0.15, 0.2) is 0 Å². The van der Waals surface area contributed by atoms with E-state index in [4.69, 9.17) is 0 Å². The maximum absolute atomic E-state index is 10.4. The van der Waals surface area contributed by atoms with Crippen LogP contribution in [0.5, 0.6) is 0 Å². The third-order valence-electron chi connectivity index (χ3n) is 2.15. The molecule has 0 spiro atoms. The maximum Gasteiger partial charge on any atom is 0.255 e. The Hall–Kier alpha value is -2.06. The first-order valence-corrected chi connectivity index (χ1v) is 4.04. The van der Waals surface area contributed by atoms with Crippen molar-refractivity contribution in [1.82, 2.24) is 0 Å². The molecule has 2 atom stereocenters. The lowest BCUT2D eigenvalue weighted by atomic mass is 9.96. The van der Waals surface area contributed by atoms with Crippen molar-refractivity contribution in [2.45, 2.75) is 24.9 Å². The molecular weight excluding hydrogens is 210 g/mol. The van der Waals surface area contributed by atoms with Gasteiger partial charge in [0.2, 0.25) is 12.1 Å². The molecule has 9 heteroatoms. The van der Waals surface area contributed by atoms with Crippen LogP contribution in [-0.4, -0.2) is 26.9 Å². The van der Waals surface area contributed by atoms with Crippen LogP contribution in [0.25, 0.3) is 0 Å². The lowest BCUT2D eigenvalue weighted by Crippen LogP contribution is -2.34. The second-order valence-electron chi connectivity index (χ2n) is 3.15. The Morgan fingerprint density at radius 2 is 1.73 bits per heavy atom. The molecule has 1 aliphatic carbocycles. The fraction of sp³-hybridized carbons (Fsp3) is 0.667. The van der Waals surface area contributed by atoms with Gasteiger partial charge in [0, 0.05) is 9.85 Å². The van der Waals surface area contributed by atoms with Gasteiger partial charge in [0.1, 0.15) is 6.42 Å². The summed E-state index contributed by atoms with van der Waals surface area (Å²) < 4.78 is 0. The van der Waals surface area contributed by atoms with Crippen molar-refractivity contribution in [3.05, 3.63) is 42.1 Å². The monoisotopic (exact) mass is 217 g/mol. The highest BCUT2D eigenvalue weighted by molar-refractivity contribution is 5.04. The van der Waals surface area contributed by atoms with Gasteiger partial charge in [-0.3, -0.25) is 30.3 Å². The highest BCUT2D eigenvalue weighted by atomic mass is 16.6. The molecule has 15 heavy (non-hydrogen) atoms. The summed E-state index contributed by atoms with van der Waals surface area (Å²) in [5.74, 6) is 0. The van der Waals surface area contributed by atoms with E-state index in [2.05, 4.69) is 0 Å². The molecule has 0 N–H and O–H groups in total. The molecule has 82 valence electrons. The first-order chi connectivity index (χ1) is 6.91. The van der Waals surface area contributed by atoms with Crippen molar-refractivity contribution in [1.29, 1.82) is 0 Å². The summed E-state index contributed by atoms with van der Waals surface area (Å²) in [5.41, 5.74) is -0.454. The van der Waals surface area contributed by atoms with Gasteiger partial charge in [-0.1, -0.05) is 0 Å². The Balaban J connectivity index is 2.94. The van der Waals surface area contributed by atoms with E-state index in [1.165, 1.54) is 0 Å². The molecule has 0 aromatic carbocycles. The van der Waals surface area contributed by atoms with Crippen molar-refractivity contribution in [3.63, 3.8) is 0 Å². The van der Waals surface area contributed by atoms with E-state index in [1.54, 1.807) is 0 Å². The molecule has 0 saturated carbocycles. The van der Waals surface area contributed by atoms with Crippen LogP contribution in [-0.2, 0) is 0 Å². The molecule has 0 aromatic heterocycles. The van der Waals surface area contributed by atoms with E-state index in [-0.39, 0.29) is 12.8 Å². The fourth-order valence-electron chi connectivity index (χ4n) is 1.40. The van der Waals surface area contributed by atoms with E-state index in [0.717, 1.165) is 6.08 Å². The van der Waals surface area contributed by atoms with Crippen molar-refractivity contribution < 1.29 is 14.8 Å². The summed E-state index contributed by atoms with van der Waals surface area (Å²) in [5, 5.41) is 31.2. The summed E-state index contributed by atoms with van der Waals surface area (Å²) in [6, 6.07) is -2.58. The zero-order valence-electron chi connectivity index (χ0n) is 7.44. The van der Waals surface area contributed by atoms with E-state index in [0.29, 0.717) is 0 Å². The van der Waals surface area contributed by atoms with Crippen LogP contribution >= 0.6 is 0 Å². The Labute approximate surface area is 82.8 Å². The molecule has 0 fully saturated rings. The Bertz CT molecular complexity index is 351. The molecule has 0 amide bonds. The number of rotatable bonds is 3. The van der Waals surface area contributed by atoms with Gasteiger partial charge in [-0.2, -0.15) is 0 Å². The number of hydrogen-bond donors (Lipinski definition) is 0. The summed E-state index contributed by atoms with van der Waals surface area (Å²) in [6.45, 7) is 0. The summed E-state index contributed by atoms with van der Waals surface area (Å²) >= 11 is 0. The summed E-state index contributed by atoms with van der Waals surface area (Å²) in [6.07, 6.45) is 0.224. The normalized spacial score (nSPS) is 25.5. The van der Waals surface area contributed by atoms with Crippen molar-refractivity contribution in [2.24, 2.45) is 0 Å². The van der Waals surface area contributed by atoms with Crippen LogP contribution in [0.1, 0.15) is 12.8 Å². The first-order valence-electron chi connectivity index (χ1n) is 4.04. The maximum atomic E-state index is 10.4. The lowest BCUT2D eigenvalue weighted by Gasteiger charge is -2.14. The Morgan fingerprint density at radius 3 is 2.13 bits per heavy atom. The molecular formula is C6H7N3O6. The topological polar surface area (TPSA) is 129 Å². The van der Waals surface area contributed by atoms with Gasteiger partial charge in [-0.05, 0) is 0 Å². The molecule has 0 aliphatic heterocycles. The predicted molar refractivity (Wildman–Crippen MR) is 45.9 cm³/mol. The van der Waals surface area contributed by atoms with E-state index in [9.17, 15) is 30.3 Å². The molecule has 1 aliphatic rings. The highest BCUT2D eigenvalue weighted by Gasteiger charge is 2.40. The van der Waals surface area contributed by atoms with Crippen LogP contribution in [0.15, 0.2) is 11.8 Å². The van der Waals surface area contributed by atoms with Gasteiger partial charge in [-0.15, -0.1) is 0 Å². The van der Waals surface area contributed by atoms with Gasteiger partial charge in [0.05, 0.1) is 17.4 Å². The third-order valence-corrected chi connectivity index (χ3v) is 2.15. The minimum atomic E-state index is -1.34. The smallest absolute Gasteiger partial charge is 0.255 e. The lowest BCUT2D eigenvalue weighted by molar-refractivity contribution is -0.563. The molecule has 0 aromatic rings. The molecule has 9 nitrogen and oxygen atoms in total. The van der Waals surface area contributed by atoms with Crippen LogP contribution in [0, 0.1) is 30.3 Å². The molecule has 2 unspecified atom stereocenters. The molecule has 0 saturated heterocycles. The standard InChI is InChI=1S/C6H7N3O6/c10-7(11)4-1-5(8(12)13)3-6(2-4)9(14)15/h1,4,6H,2-3H2. The van der Waals surface area contributed by atoms with Crippen LogP contribution in [0.2, 0.25) is 0 Å². The first kappa shape index (κ1) is 11.0. The average molecular weight is 217 g/mol. The number of hydrogen-bond acceptors (Lipinski definition) is 6. The minimum absolute atomic E-state index is 0.294. The van der Waals surface area contributed by atoms with Gasteiger partial charge < -0.3 is 0 Å². The van der Waals surface area contributed by atoms with Crippen molar-refractivity contribution in [2.75, 3.05) is 0 Å². The van der Waals surface area contributed by atoms with Gasteiger partial charge >= 0.3 is 0 Å². The zero-order chi connectivity index (χ0) is 11.6. The second-order valence-corrected chi connectivity index (χ2v) is 3.15. The summed E-state index contributed by atoms with van der Waals surface area (Å²) in [4.78, 5) is 28.9. The van der Waals surface area contributed by atoms with Gasteiger partial charge in [0.25, 0.3) is 5.70 Å². The minimum Gasteiger partial charge on any atom is -0.264 e. The fourth-order valence-corrected chi connectivity index (χ4v) is 1.40. The predicted octanol–water partition coefficient (Wildman–Crippen LogP) is 0.231. The number of nitrogens with zero attached hydrogens (tertiary/aromatic N) is 3. The van der Waals surface area contributed by atoms with E-state index < -0.39 is 32.6 Å².